The van der Waals surface area contributed by atoms with Crippen molar-refractivity contribution >= 4 is 17.3 Å². The van der Waals surface area contributed by atoms with Crippen LogP contribution < -0.4 is 0 Å². The molecule has 1 aromatic carbocycles. The van der Waals surface area contributed by atoms with Gasteiger partial charge >= 0.3 is 5.97 Å². The number of ether oxygens (including phenoxy) is 1. The van der Waals surface area contributed by atoms with Gasteiger partial charge in [-0.25, -0.2) is 9.78 Å². The van der Waals surface area contributed by atoms with Gasteiger partial charge in [0.2, 0.25) is 0 Å². The maximum absolute atomic E-state index is 11.5. The van der Waals surface area contributed by atoms with Crippen molar-refractivity contribution in [3.05, 3.63) is 40.2 Å². The molecule has 3 rings (SSSR count). The molecule has 1 atom stereocenters. The molecule has 0 saturated carbocycles. The lowest BCUT2D eigenvalue weighted by Gasteiger charge is -2.28. The first-order valence-corrected chi connectivity index (χ1v) is 7.56. The maximum atomic E-state index is 11.5. The van der Waals surface area contributed by atoms with E-state index < -0.39 is 5.97 Å². The van der Waals surface area contributed by atoms with E-state index in [1.165, 1.54) is 11.3 Å². The lowest BCUT2D eigenvalue weighted by Crippen LogP contribution is -2.35. The fourth-order valence-electron chi connectivity index (χ4n) is 2.34. The van der Waals surface area contributed by atoms with E-state index in [0.717, 1.165) is 23.7 Å². The van der Waals surface area contributed by atoms with Gasteiger partial charge in [0.15, 0.2) is 0 Å². The molecule has 6 heteroatoms. The highest BCUT2D eigenvalue weighted by atomic mass is 32.1. The quantitative estimate of drug-likeness (QED) is 0.944. The molecule has 1 fully saturated rings. The molecule has 21 heavy (non-hydrogen) atoms. The van der Waals surface area contributed by atoms with Crippen LogP contribution in [0.2, 0.25) is 0 Å². The van der Waals surface area contributed by atoms with Crippen molar-refractivity contribution in [2.45, 2.75) is 6.10 Å². The SMILES string of the molecule is CN1CCOC(c2nc(-c3ccccc3)c(C(=O)O)s2)C1. The lowest BCUT2D eigenvalue weighted by molar-refractivity contribution is -0.0209. The van der Waals surface area contributed by atoms with Crippen LogP contribution in [0, 0.1) is 0 Å². The summed E-state index contributed by atoms with van der Waals surface area (Å²) in [6.07, 6.45) is -0.149. The third-order valence-electron chi connectivity index (χ3n) is 3.43. The van der Waals surface area contributed by atoms with Gasteiger partial charge in [-0.1, -0.05) is 30.3 Å². The number of aromatic carboxylic acids is 1. The predicted molar refractivity (Wildman–Crippen MR) is 80.7 cm³/mol. The van der Waals surface area contributed by atoms with Crippen molar-refractivity contribution in [1.82, 2.24) is 9.88 Å². The third kappa shape index (κ3) is 2.97. The van der Waals surface area contributed by atoms with Crippen molar-refractivity contribution in [1.29, 1.82) is 0 Å². The van der Waals surface area contributed by atoms with E-state index in [2.05, 4.69) is 9.88 Å². The van der Waals surface area contributed by atoms with Crippen LogP contribution in [0.5, 0.6) is 0 Å². The molecule has 0 radical (unpaired) electrons. The molecule has 0 amide bonds. The molecule has 5 nitrogen and oxygen atoms in total. The normalized spacial score (nSPS) is 19.6. The first-order chi connectivity index (χ1) is 10.1. The molecule has 0 aliphatic carbocycles. The van der Waals surface area contributed by atoms with E-state index in [1.54, 1.807) is 0 Å². The van der Waals surface area contributed by atoms with Gasteiger partial charge in [0.1, 0.15) is 16.0 Å². The molecule has 2 aromatic rings. The number of likely N-dealkylation sites (N-methyl/N-ethyl adjacent to an activating group) is 1. The summed E-state index contributed by atoms with van der Waals surface area (Å²) in [6.45, 7) is 2.27. The molecule has 1 saturated heterocycles. The van der Waals surface area contributed by atoms with E-state index in [1.807, 2.05) is 37.4 Å². The van der Waals surface area contributed by atoms with Gasteiger partial charge in [0.05, 0.1) is 12.3 Å². The molecule has 1 aliphatic rings. The Balaban J connectivity index is 1.99. The Hall–Kier alpha value is -1.76. The van der Waals surface area contributed by atoms with Gasteiger partial charge in [0.25, 0.3) is 0 Å². The largest absolute Gasteiger partial charge is 0.477 e. The van der Waals surface area contributed by atoms with Crippen LogP contribution in [-0.4, -0.2) is 47.7 Å². The Morgan fingerprint density at radius 3 is 2.86 bits per heavy atom. The molecule has 2 heterocycles. The molecule has 1 N–H and O–H groups in total. The van der Waals surface area contributed by atoms with Gasteiger partial charge in [-0.05, 0) is 7.05 Å². The number of carbonyl (C=O) groups is 1. The first-order valence-electron chi connectivity index (χ1n) is 6.74. The summed E-state index contributed by atoms with van der Waals surface area (Å²) in [6, 6.07) is 9.41. The van der Waals surface area contributed by atoms with E-state index >= 15 is 0 Å². The highest BCUT2D eigenvalue weighted by molar-refractivity contribution is 7.14. The average Bonchev–Trinajstić information content (AvgIpc) is 2.93. The van der Waals surface area contributed by atoms with Crippen LogP contribution >= 0.6 is 11.3 Å². The number of carboxylic acid groups (broad SMARTS) is 1. The summed E-state index contributed by atoms with van der Waals surface area (Å²) in [5.74, 6) is -0.943. The van der Waals surface area contributed by atoms with Crippen LogP contribution in [0.25, 0.3) is 11.3 Å². The Bertz CT molecular complexity index is 642. The number of morpholine rings is 1. The van der Waals surface area contributed by atoms with E-state index in [4.69, 9.17) is 4.74 Å². The number of carboxylic acids is 1. The number of hydrogen-bond donors (Lipinski definition) is 1. The summed E-state index contributed by atoms with van der Waals surface area (Å²) in [7, 11) is 2.03. The standard InChI is InChI=1S/C15H16N2O3S/c1-17-7-8-20-11(9-17)14-16-12(13(21-14)15(18)19)10-5-3-2-4-6-10/h2-6,11H,7-9H2,1H3,(H,18,19). The molecule has 1 aromatic heterocycles. The maximum Gasteiger partial charge on any atom is 0.348 e. The Labute approximate surface area is 126 Å². The minimum Gasteiger partial charge on any atom is -0.477 e. The smallest absolute Gasteiger partial charge is 0.348 e. The van der Waals surface area contributed by atoms with Crippen LogP contribution in [-0.2, 0) is 4.74 Å². The Morgan fingerprint density at radius 2 is 2.19 bits per heavy atom. The van der Waals surface area contributed by atoms with Crippen molar-refractivity contribution in [3.8, 4) is 11.3 Å². The van der Waals surface area contributed by atoms with Gasteiger partial charge in [0, 0.05) is 18.7 Å². The molecular weight excluding hydrogens is 288 g/mol. The van der Waals surface area contributed by atoms with Gasteiger partial charge < -0.3 is 14.7 Å². The highest BCUT2D eigenvalue weighted by Crippen LogP contribution is 2.33. The van der Waals surface area contributed by atoms with Crippen LogP contribution in [0.1, 0.15) is 20.8 Å². The number of hydrogen-bond acceptors (Lipinski definition) is 5. The average molecular weight is 304 g/mol. The number of rotatable bonds is 3. The van der Waals surface area contributed by atoms with E-state index in [9.17, 15) is 9.90 Å². The Kier molecular flexibility index (Phi) is 4.01. The Morgan fingerprint density at radius 1 is 1.43 bits per heavy atom. The van der Waals surface area contributed by atoms with Crippen molar-refractivity contribution < 1.29 is 14.6 Å². The van der Waals surface area contributed by atoms with Gasteiger partial charge in [-0.15, -0.1) is 11.3 Å². The fourth-order valence-corrected chi connectivity index (χ4v) is 3.31. The number of aromatic nitrogens is 1. The summed E-state index contributed by atoms with van der Waals surface area (Å²) in [5, 5.41) is 10.1. The van der Waals surface area contributed by atoms with Crippen LogP contribution in [0.3, 0.4) is 0 Å². The summed E-state index contributed by atoms with van der Waals surface area (Å²) >= 11 is 1.21. The van der Waals surface area contributed by atoms with Crippen molar-refractivity contribution in [2.24, 2.45) is 0 Å². The number of nitrogens with zero attached hydrogens (tertiary/aromatic N) is 2. The van der Waals surface area contributed by atoms with E-state index in [-0.39, 0.29) is 11.0 Å². The third-order valence-corrected chi connectivity index (χ3v) is 4.57. The zero-order chi connectivity index (χ0) is 14.8. The number of thiazole rings is 1. The monoisotopic (exact) mass is 304 g/mol. The summed E-state index contributed by atoms with van der Waals surface area (Å²) in [4.78, 5) is 18.5. The first kappa shape index (κ1) is 14.2. The highest BCUT2D eigenvalue weighted by Gasteiger charge is 2.26. The lowest BCUT2D eigenvalue weighted by atomic mass is 10.1. The predicted octanol–water partition coefficient (Wildman–Crippen LogP) is 2.51. The molecular formula is C15H16N2O3S. The second-order valence-electron chi connectivity index (χ2n) is 5.02. The fraction of sp³-hybridized carbons (Fsp3) is 0.333. The van der Waals surface area contributed by atoms with Gasteiger partial charge in [-0.2, -0.15) is 0 Å². The molecule has 0 bridgehead atoms. The molecule has 110 valence electrons. The molecule has 0 spiro atoms. The van der Waals surface area contributed by atoms with Crippen LogP contribution in [0.4, 0.5) is 0 Å². The van der Waals surface area contributed by atoms with Crippen LogP contribution in [0.15, 0.2) is 30.3 Å². The summed E-state index contributed by atoms with van der Waals surface area (Å²) in [5.41, 5.74) is 1.35. The zero-order valence-corrected chi connectivity index (χ0v) is 12.5. The minimum atomic E-state index is -0.943. The topological polar surface area (TPSA) is 62.7 Å². The second kappa shape index (κ2) is 5.93. The van der Waals surface area contributed by atoms with Crippen molar-refractivity contribution in [3.63, 3.8) is 0 Å². The number of benzene rings is 1. The minimum absolute atomic E-state index is 0.149. The second-order valence-corrected chi connectivity index (χ2v) is 6.05. The zero-order valence-electron chi connectivity index (χ0n) is 11.7. The van der Waals surface area contributed by atoms with E-state index in [0.29, 0.717) is 12.3 Å². The molecule has 1 unspecified atom stereocenters. The van der Waals surface area contributed by atoms with Gasteiger partial charge in [-0.3, -0.25) is 0 Å². The summed E-state index contributed by atoms with van der Waals surface area (Å²) < 4.78 is 5.73. The van der Waals surface area contributed by atoms with Crippen molar-refractivity contribution in [2.75, 3.05) is 26.7 Å². The molecule has 1 aliphatic heterocycles.